The van der Waals surface area contributed by atoms with Gasteiger partial charge in [-0.25, -0.2) is 9.97 Å². The van der Waals surface area contributed by atoms with Crippen LogP contribution in [0.15, 0.2) is 67.0 Å². The summed E-state index contributed by atoms with van der Waals surface area (Å²) in [6, 6.07) is 19.4. The van der Waals surface area contributed by atoms with Gasteiger partial charge in [-0.1, -0.05) is 24.3 Å². The van der Waals surface area contributed by atoms with Gasteiger partial charge in [0.15, 0.2) is 0 Å². The molecule has 2 N–H and O–H groups in total. The lowest BCUT2D eigenvalue weighted by Crippen LogP contribution is -1.98. The molecule has 1 aromatic heterocycles. The minimum Gasteiger partial charge on any atom is -0.497 e. The van der Waals surface area contributed by atoms with E-state index in [1.54, 1.807) is 7.11 Å². The van der Waals surface area contributed by atoms with Gasteiger partial charge >= 0.3 is 0 Å². The second-order valence-electron chi connectivity index (χ2n) is 4.64. The lowest BCUT2D eigenvalue weighted by atomic mass is 10.3. The van der Waals surface area contributed by atoms with Gasteiger partial charge in [0, 0.05) is 23.5 Å². The monoisotopic (exact) mass is 292 g/mol. The Morgan fingerprint density at radius 1 is 0.773 bits per heavy atom. The first-order chi connectivity index (χ1) is 10.8. The summed E-state index contributed by atoms with van der Waals surface area (Å²) >= 11 is 0. The fourth-order valence-corrected chi connectivity index (χ4v) is 2.01. The molecule has 0 atom stereocenters. The topological polar surface area (TPSA) is 59.1 Å². The van der Waals surface area contributed by atoms with E-state index in [4.69, 9.17) is 4.74 Å². The van der Waals surface area contributed by atoms with Gasteiger partial charge in [-0.05, 0) is 24.3 Å². The quantitative estimate of drug-likeness (QED) is 0.745. The molecule has 3 rings (SSSR count). The first kappa shape index (κ1) is 13.9. The molecule has 0 spiro atoms. The standard InChI is InChI=1S/C17H16N4O/c1-22-15-9-5-8-14(10-15)21-17-11-16(18-12-19-17)20-13-6-3-2-4-7-13/h2-12H,1H3,(H2,18,19,20,21). The van der Waals surface area contributed by atoms with Crippen molar-refractivity contribution >= 4 is 23.0 Å². The minimum absolute atomic E-state index is 0.710. The first-order valence-electron chi connectivity index (χ1n) is 6.89. The summed E-state index contributed by atoms with van der Waals surface area (Å²) in [7, 11) is 1.64. The Morgan fingerprint density at radius 2 is 1.45 bits per heavy atom. The summed E-state index contributed by atoms with van der Waals surface area (Å²) in [6.45, 7) is 0. The third-order valence-electron chi connectivity index (χ3n) is 3.06. The van der Waals surface area contributed by atoms with Crippen molar-refractivity contribution in [3.63, 3.8) is 0 Å². The van der Waals surface area contributed by atoms with E-state index in [0.29, 0.717) is 5.82 Å². The normalized spacial score (nSPS) is 10.0. The molecule has 0 radical (unpaired) electrons. The predicted molar refractivity (Wildman–Crippen MR) is 88.0 cm³/mol. The number of rotatable bonds is 5. The van der Waals surface area contributed by atoms with Gasteiger partial charge in [-0.3, -0.25) is 0 Å². The molecule has 0 saturated heterocycles. The highest BCUT2D eigenvalue weighted by Gasteiger charge is 2.01. The van der Waals surface area contributed by atoms with Gasteiger partial charge in [0.25, 0.3) is 0 Å². The molecule has 110 valence electrons. The highest BCUT2D eigenvalue weighted by molar-refractivity contribution is 5.63. The zero-order valence-corrected chi connectivity index (χ0v) is 12.2. The van der Waals surface area contributed by atoms with Crippen molar-refractivity contribution in [2.75, 3.05) is 17.7 Å². The lowest BCUT2D eigenvalue weighted by Gasteiger charge is -2.09. The molecule has 5 nitrogen and oxygen atoms in total. The molecule has 0 amide bonds. The maximum Gasteiger partial charge on any atom is 0.135 e. The molecule has 2 aromatic carbocycles. The van der Waals surface area contributed by atoms with Crippen LogP contribution in [0.3, 0.4) is 0 Å². The fraction of sp³-hybridized carbons (Fsp3) is 0.0588. The van der Waals surface area contributed by atoms with Crippen LogP contribution in [-0.4, -0.2) is 17.1 Å². The van der Waals surface area contributed by atoms with Crippen molar-refractivity contribution in [1.29, 1.82) is 0 Å². The van der Waals surface area contributed by atoms with Crippen LogP contribution in [0, 0.1) is 0 Å². The molecule has 3 aromatic rings. The highest BCUT2D eigenvalue weighted by atomic mass is 16.5. The van der Waals surface area contributed by atoms with E-state index in [2.05, 4.69) is 20.6 Å². The molecule has 0 saturated carbocycles. The number of nitrogens with zero attached hydrogens (tertiary/aromatic N) is 2. The van der Waals surface area contributed by atoms with Crippen molar-refractivity contribution < 1.29 is 4.74 Å². The minimum atomic E-state index is 0.710. The zero-order chi connectivity index (χ0) is 15.2. The number of hydrogen-bond acceptors (Lipinski definition) is 5. The summed E-state index contributed by atoms with van der Waals surface area (Å²) in [5.41, 5.74) is 1.89. The molecule has 0 aliphatic rings. The van der Waals surface area contributed by atoms with Crippen molar-refractivity contribution in [1.82, 2.24) is 9.97 Å². The summed E-state index contributed by atoms with van der Waals surface area (Å²) in [5.74, 6) is 2.23. The molecule has 22 heavy (non-hydrogen) atoms. The van der Waals surface area contributed by atoms with E-state index >= 15 is 0 Å². The largest absolute Gasteiger partial charge is 0.497 e. The van der Waals surface area contributed by atoms with Gasteiger partial charge in [-0.2, -0.15) is 0 Å². The van der Waals surface area contributed by atoms with Gasteiger partial charge in [0.1, 0.15) is 23.7 Å². The number of methoxy groups -OCH3 is 1. The average molecular weight is 292 g/mol. The molecule has 5 heteroatoms. The molecular weight excluding hydrogens is 276 g/mol. The van der Waals surface area contributed by atoms with Crippen molar-refractivity contribution in [3.8, 4) is 5.75 Å². The van der Waals surface area contributed by atoms with Crippen LogP contribution < -0.4 is 15.4 Å². The third-order valence-corrected chi connectivity index (χ3v) is 3.06. The fourth-order valence-electron chi connectivity index (χ4n) is 2.01. The SMILES string of the molecule is COc1cccc(Nc2cc(Nc3ccccc3)ncn2)c1. The Balaban J connectivity index is 1.76. The number of hydrogen-bond donors (Lipinski definition) is 2. The molecule has 0 bridgehead atoms. The molecule has 0 unspecified atom stereocenters. The van der Waals surface area contributed by atoms with Crippen LogP contribution in [0.1, 0.15) is 0 Å². The average Bonchev–Trinajstić information content (AvgIpc) is 2.56. The van der Waals surface area contributed by atoms with Gasteiger partial charge in [0.05, 0.1) is 7.11 Å². The number of ether oxygens (including phenoxy) is 1. The maximum atomic E-state index is 5.21. The van der Waals surface area contributed by atoms with E-state index < -0.39 is 0 Å². The first-order valence-corrected chi connectivity index (χ1v) is 6.89. The second-order valence-corrected chi connectivity index (χ2v) is 4.64. The second kappa shape index (κ2) is 6.58. The molecule has 0 aliphatic carbocycles. The Kier molecular flexibility index (Phi) is 4.15. The number of anilines is 4. The van der Waals surface area contributed by atoms with E-state index in [0.717, 1.165) is 22.9 Å². The summed E-state index contributed by atoms with van der Waals surface area (Å²) in [6.07, 6.45) is 1.52. The summed E-state index contributed by atoms with van der Waals surface area (Å²) in [5, 5.41) is 6.47. The third kappa shape index (κ3) is 3.52. The Hall–Kier alpha value is -3.08. The van der Waals surface area contributed by atoms with Crippen LogP contribution >= 0.6 is 0 Å². The molecule has 0 aliphatic heterocycles. The van der Waals surface area contributed by atoms with Gasteiger partial charge in [0.2, 0.25) is 0 Å². The van der Waals surface area contributed by atoms with Crippen LogP contribution in [0.5, 0.6) is 5.75 Å². The smallest absolute Gasteiger partial charge is 0.135 e. The van der Waals surface area contributed by atoms with Crippen molar-refractivity contribution in [2.24, 2.45) is 0 Å². The maximum absolute atomic E-state index is 5.21. The molecular formula is C17H16N4O. The van der Waals surface area contributed by atoms with E-state index in [-0.39, 0.29) is 0 Å². The highest BCUT2D eigenvalue weighted by Crippen LogP contribution is 2.22. The van der Waals surface area contributed by atoms with Crippen LogP contribution in [0.4, 0.5) is 23.0 Å². The molecule has 0 fully saturated rings. The Bertz CT molecular complexity index is 746. The van der Waals surface area contributed by atoms with Gasteiger partial charge < -0.3 is 15.4 Å². The summed E-state index contributed by atoms with van der Waals surface area (Å²) in [4.78, 5) is 8.45. The van der Waals surface area contributed by atoms with Crippen molar-refractivity contribution in [2.45, 2.75) is 0 Å². The molecule has 1 heterocycles. The Morgan fingerprint density at radius 3 is 2.18 bits per heavy atom. The van der Waals surface area contributed by atoms with Crippen molar-refractivity contribution in [3.05, 3.63) is 67.0 Å². The number of aromatic nitrogens is 2. The van der Waals surface area contributed by atoms with E-state index in [1.165, 1.54) is 6.33 Å². The lowest BCUT2D eigenvalue weighted by molar-refractivity contribution is 0.415. The van der Waals surface area contributed by atoms with Crippen LogP contribution in [0.25, 0.3) is 0 Å². The number of benzene rings is 2. The Labute approximate surface area is 129 Å². The zero-order valence-electron chi connectivity index (χ0n) is 12.2. The van der Waals surface area contributed by atoms with E-state index in [1.807, 2.05) is 60.7 Å². The summed E-state index contributed by atoms with van der Waals surface area (Å²) < 4.78 is 5.21. The predicted octanol–water partition coefficient (Wildman–Crippen LogP) is 3.97. The number of nitrogens with one attached hydrogen (secondary N) is 2. The van der Waals surface area contributed by atoms with Crippen LogP contribution in [-0.2, 0) is 0 Å². The van der Waals surface area contributed by atoms with E-state index in [9.17, 15) is 0 Å². The van der Waals surface area contributed by atoms with Gasteiger partial charge in [-0.15, -0.1) is 0 Å². The van der Waals surface area contributed by atoms with Crippen LogP contribution in [0.2, 0.25) is 0 Å². The number of para-hydroxylation sites is 1.